The lowest BCUT2D eigenvalue weighted by atomic mass is 10.1. The summed E-state index contributed by atoms with van der Waals surface area (Å²) in [5.41, 5.74) is 0.742. The Morgan fingerprint density at radius 2 is 1.87 bits per heavy atom. The molecule has 0 bridgehead atoms. The van der Waals surface area contributed by atoms with Crippen molar-refractivity contribution >= 4 is 21.4 Å². The molecular formula is C17H24N2O3S. The lowest BCUT2D eigenvalue weighted by Gasteiger charge is -2.23. The molecule has 0 saturated carbocycles. The van der Waals surface area contributed by atoms with E-state index in [1.165, 1.54) is 0 Å². The van der Waals surface area contributed by atoms with Gasteiger partial charge in [0.15, 0.2) is 9.84 Å². The number of amides is 1. The first kappa shape index (κ1) is 16.3. The van der Waals surface area contributed by atoms with Crippen LogP contribution >= 0.6 is 0 Å². The number of para-hydroxylation sites is 1. The Balaban J connectivity index is 1.78. The minimum absolute atomic E-state index is 0.00881. The smallest absolute Gasteiger partial charge is 0.227 e. The fourth-order valence-electron chi connectivity index (χ4n) is 3.51. The molecule has 1 atom stereocenters. The zero-order valence-corrected chi connectivity index (χ0v) is 14.4. The zero-order valence-electron chi connectivity index (χ0n) is 13.6. The molecule has 2 fully saturated rings. The largest absolute Gasteiger partial charge is 0.370 e. The summed E-state index contributed by atoms with van der Waals surface area (Å²) in [5.74, 6) is 0.319. The molecule has 0 aliphatic carbocycles. The van der Waals surface area contributed by atoms with Crippen LogP contribution in [-0.2, 0) is 14.6 Å². The summed E-state index contributed by atoms with van der Waals surface area (Å²) in [7, 11) is -3.26. The standard InChI is InChI=1S/C17H24N2O3S/c1-2-23(21,22)16-8-4-3-7-15(16)19-12-9-14(13-19)17(20)18-10-5-6-11-18/h3-4,7-8,14H,2,5-6,9-13H2,1H3. The Bertz CT molecular complexity index is 681. The minimum Gasteiger partial charge on any atom is -0.370 e. The molecule has 2 heterocycles. The summed E-state index contributed by atoms with van der Waals surface area (Å²) in [4.78, 5) is 16.9. The highest BCUT2D eigenvalue weighted by atomic mass is 32.2. The van der Waals surface area contributed by atoms with Crippen LogP contribution in [0.15, 0.2) is 29.2 Å². The fraction of sp³-hybridized carbons (Fsp3) is 0.588. The molecule has 0 radical (unpaired) electrons. The van der Waals surface area contributed by atoms with Crippen LogP contribution in [0.1, 0.15) is 26.2 Å². The van der Waals surface area contributed by atoms with Crippen molar-refractivity contribution in [2.45, 2.75) is 31.1 Å². The maximum Gasteiger partial charge on any atom is 0.227 e. The monoisotopic (exact) mass is 336 g/mol. The average Bonchev–Trinajstić information content (AvgIpc) is 3.26. The molecule has 2 saturated heterocycles. The van der Waals surface area contributed by atoms with E-state index in [-0.39, 0.29) is 17.6 Å². The van der Waals surface area contributed by atoms with Gasteiger partial charge < -0.3 is 9.80 Å². The summed E-state index contributed by atoms with van der Waals surface area (Å²) >= 11 is 0. The molecule has 0 aromatic heterocycles. The number of anilines is 1. The van der Waals surface area contributed by atoms with Crippen LogP contribution in [0, 0.1) is 5.92 Å². The van der Waals surface area contributed by atoms with Crippen molar-refractivity contribution in [1.82, 2.24) is 4.90 Å². The van der Waals surface area contributed by atoms with Crippen molar-refractivity contribution < 1.29 is 13.2 Å². The minimum atomic E-state index is -3.26. The van der Waals surface area contributed by atoms with E-state index in [1.807, 2.05) is 17.0 Å². The predicted molar refractivity (Wildman–Crippen MR) is 90.3 cm³/mol. The molecule has 1 amide bonds. The summed E-state index contributed by atoms with van der Waals surface area (Å²) < 4.78 is 24.6. The van der Waals surface area contributed by atoms with E-state index in [0.29, 0.717) is 11.4 Å². The van der Waals surface area contributed by atoms with Crippen molar-refractivity contribution in [2.75, 3.05) is 36.8 Å². The third-order valence-corrected chi connectivity index (χ3v) is 6.65. The molecule has 5 nitrogen and oxygen atoms in total. The van der Waals surface area contributed by atoms with E-state index < -0.39 is 9.84 Å². The Morgan fingerprint density at radius 3 is 2.57 bits per heavy atom. The van der Waals surface area contributed by atoms with Gasteiger partial charge in [-0.2, -0.15) is 0 Å². The molecule has 1 aromatic carbocycles. The van der Waals surface area contributed by atoms with Gasteiger partial charge in [0.05, 0.1) is 22.3 Å². The topological polar surface area (TPSA) is 57.7 Å². The van der Waals surface area contributed by atoms with Gasteiger partial charge in [-0.1, -0.05) is 19.1 Å². The number of benzene rings is 1. The summed E-state index contributed by atoms with van der Waals surface area (Å²) in [6.45, 7) is 4.76. The van der Waals surface area contributed by atoms with Gasteiger partial charge in [0.25, 0.3) is 0 Å². The lowest BCUT2D eigenvalue weighted by molar-refractivity contribution is -0.133. The maximum atomic E-state index is 12.5. The second-order valence-corrected chi connectivity index (χ2v) is 8.58. The molecule has 2 aliphatic heterocycles. The number of hydrogen-bond donors (Lipinski definition) is 0. The summed E-state index contributed by atoms with van der Waals surface area (Å²) in [5, 5.41) is 0. The van der Waals surface area contributed by atoms with Crippen LogP contribution in [0.25, 0.3) is 0 Å². The van der Waals surface area contributed by atoms with Gasteiger partial charge in [0, 0.05) is 26.2 Å². The maximum absolute atomic E-state index is 12.5. The van der Waals surface area contributed by atoms with Gasteiger partial charge in [0.1, 0.15) is 0 Å². The highest BCUT2D eigenvalue weighted by molar-refractivity contribution is 7.91. The Labute approximate surface area is 138 Å². The van der Waals surface area contributed by atoms with Crippen molar-refractivity contribution in [3.63, 3.8) is 0 Å². The molecule has 2 aliphatic rings. The fourth-order valence-corrected chi connectivity index (χ4v) is 4.63. The molecule has 3 rings (SSSR count). The third-order valence-electron chi connectivity index (χ3n) is 4.88. The van der Waals surface area contributed by atoms with Crippen molar-refractivity contribution in [1.29, 1.82) is 0 Å². The van der Waals surface area contributed by atoms with E-state index in [0.717, 1.165) is 44.6 Å². The lowest BCUT2D eigenvalue weighted by Crippen LogP contribution is -2.35. The van der Waals surface area contributed by atoms with Gasteiger partial charge in [-0.3, -0.25) is 4.79 Å². The Hall–Kier alpha value is -1.56. The van der Waals surface area contributed by atoms with Crippen LogP contribution in [-0.4, -0.2) is 51.2 Å². The zero-order chi connectivity index (χ0) is 16.4. The van der Waals surface area contributed by atoms with E-state index in [1.54, 1.807) is 19.1 Å². The number of rotatable bonds is 4. The molecule has 6 heteroatoms. The van der Waals surface area contributed by atoms with Crippen LogP contribution < -0.4 is 4.90 Å². The highest BCUT2D eigenvalue weighted by Gasteiger charge is 2.34. The molecule has 0 spiro atoms. The summed E-state index contributed by atoms with van der Waals surface area (Å²) in [6, 6.07) is 7.14. The van der Waals surface area contributed by atoms with Crippen molar-refractivity contribution in [3.8, 4) is 0 Å². The molecule has 1 aromatic rings. The van der Waals surface area contributed by atoms with Crippen LogP contribution in [0.5, 0.6) is 0 Å². The first-order valence-corrected chi connectivity index (χ1v) is 10.0. The van der Waals surface area contributed by atoms with Gasteiger partial charge >= 0.3 is 0 Å². The first-order valence-electron chi connectivity index (χ1n) is 8.38. The van der Waals surface area contributed by atoms with Gasteiger partial charge in [-0.25, -0.2) is 8.42 Å². The van der Waals surface area contributed by atoms with E-state index >= 15 is 0 Å². The predicted octanol–water partition coefficient (Wildman–Crippen LogP) is 1.93. The average molecular weight is 336 g/mol. The third kappa shape index (κ3) is 3.22. The first-order chi connectivity index (χ1) is 11.0. The quantitative estimate of drug-likeness (QED) is 0.843. The number of hydrogen-bond acceptors (Lipinski definition) is 4. The Morgan fingerprint density at radius 1 is 1.17 bits per heavy atom. The van der Waals surface area contributed by atoms with Crippen molar-refractivity contribution in [3.05, 3.63) is 24.3 Å². The van der Waals surface area contributed by atoms with Crippen LogP contribution in [0.3, 0.4) is 0 Å². The van der Waals surface area contributed by atoms with E-state index in [2.05, 4.69) is 4.90 Å². The van der Waals surface area contributed by atoms with Crippen LogP contribution in [0.4, 0.5) is 5.69 Å². The van der Waals surface area contributed by atoms with Gasteiger partial charge in [-0.15, -0.1) is 0 Å². The highest BCUT2D eigenvalue weighted by Crippen LogP contribution is 2.31. The number of nitrogens with zero attached hydrogens (tertiary/aromatic N) is 2. The Kier molecular flexibility index (Phi) is 4.62. The van der Waals surface area contributed by atoms with Crippen LogP contribution in [0.2, 0.25) is 0 Å². The second-order valence-electron chi connectivity index (χ2n) is 6.34. The molecule has 0 N–H and O–H groups in total. The number of carbonyl (C=O) groups excluding carboxylic acids is 1. The molecule has 1 unspecified atom stereocenters. The SMILES string of the molecule is CCS(=O)(=O)c1ccccc1N1CCC(C(=O)N2CCCC2)C1. The van der Waals surface area contributed by atoms with Gasteiger partial charge in [-0.05, 0) is 31.4 Å². The molecule has 126 valence electrons. The molecular weight excluding hydrogens is 312 g/mol. The summed E-state index contributed by atoms with van der Waals surface area (Å²) in [6.07, 6.45) is 3.00. The van der Waals surface area contributed by atoms with E-state index in [9.17, 15) is 13.2 Å². The van der Waals surface area contributed by atoms with E-state index in [4.69, 9.17) is 0 Å². The molecule has 23 heavy (non-hydrogen) atoms. The number of sulfone groups is 1. The number of carbonyl (C=O) groups is 1. The van der Waals surface area contributed by atoms with Gasteiger partial charge in [0.2, 0.25) is 5.91 Å². The normalized spacial score (nSPS) is 21.9. The van der Waals surface area contributed by atoms with Crippen molar-refractivity contribution in [2.24, 2.45) is 5.92 Å². The number of likely N-dealkylation sites (tertiary alicyclic amines) is 1. The second kappa shape index (κ2) is 6.51.